The van der Waals surface area contributed by atoms with E-state index in [1.165, 1.54) is 43.6 Å². The predicted octanol–water partition coefficient (Wildman–Crippen LogP) is 2.27. The molecule has 2 heterocycles. The molecule has 1 aliphatic carbocycles. The maximum absolute atomic E-state index is 3.88. The Morgan fingerprint density at radius 2 is 1.77 bits per heavy atom. The second kappa shape index (κ2) is 3.47. The molecular formula is C11H19NS. The summed E-state index contributed by atoms with van der Waals surface area (Å²) in [6, 6.07) is 1.80. The molecule has 74 valence electrons. The van der Waals surface area contributed by atoms with Gasteiger partial charge in [-0.1, -0.05) is 12.8 Å². The summed E-state index contributed by atoms with van der Waals surface area (Å²) in [5.41, 5.74) is 0. The standard InChI is InChI=1S/C11H19NS/c1-2-4-10-8(3-1)9-7-13-6-5-11(9)12-10/h8-12H,1-7H2. The largest absolute Gasteiger partial charge is 0.311 e. The van der Waals surface area contributed by atoms with Gasteiger partial charge in [0.25, 0.3) is 0 Å². The topological polar surface area (TPSA) is 12.0 Å². The van der Waals surface area contributed by atoms with Crippen molar-refractivity contribution >= 4 is 11.8 Å². The van der Waals surface area contributed by atoms with Crippen LogP contribution >= 0.6 is 11.8 Å². The minimum absolute atomic E-state index is 0.898. The summed E-state index contributed by atoms with van der Waals surface area (Å²) in [5, 5.41) is 3.88. The van der Waals surface area contributed by atoms with E-state index < -0.39 is 0 Å². The second-order valence-corrected chi connectivity index (χ2v) is 6.01. The molecule has 4 atom stereocenters. The first-order chi connectivity index (χ1) is 6.45. The molecule has 0 bridgehead atoms. The third kappa shape index (κ3) is 1.42. The summed E-state index contributed by atoms with van der Waals surface area (Å²) in [6.07, 6.45) is 7.38. The summed E-state index contributed by atoms with van der Waals surface area (Å²) < 4.78 is 0. The van der Waals surface area contributed by atoms with Crippen LogP contribution in [0.5, 0.6) is 0 Å². The third-order valence-corrected chi connectivity index (χ3v) is 5.34. The quantitative estimate of drug-likeness (QED) is 0.639. The van der Waals surface area contributed by atoms with Crippen LogP contribution in [0.4, 0.5) is 0 Å². The molecule has 1 nitrogen and oxygen atoms in total. The van der Waals surface area contributed by atoms with Crippen LogP contribution in [-0.2, 0) is 0 Å². The van der Waals surface area contributed by atoms with Crippen molar-refractivity contribution in [2.45, 2.75) is 44.2 Å². The molecule has 3 aliphatic rings. The first-order valence-electron chi connectivity index (χ1n) is 5.79. The Bertz CT molecular complexity index is 175. The van der Waals surface area contributed by atoms with Crippen LogP contribution in [0.2, 0.25) is 0 Å². The van der Waals surface area contributed by atoms with Crippen LogP contribution in [0, 0.1) is 11.8 Å². The Hall–Kier alpha value is 0.310. The van der Waals surface area contributed by atoms with Gasteiger partial charge in [0.15, 0.2) is 0 Å². The minimum atomic E-state index is 0.898. The molecule has 2 heteroatoms. The van der Waals surface area contributed by atoms with Gasteiger partial charge < -0.3 is 5.32 Å². The van der Waals surface area contributed by atoms with Gasteiger partial charge in [-0.05, 0) is 42.6 Å². The van der Waals surface area contributed by atoms with E-state index in [1.807, 2.05) is 0 Å². The average Bonchev–Trinajstić information content (AvgIpc) is 2.56. The fraction of sp³-hybridized carbons (Fsp3) is 1.00. The van der Waals surface area contributed by atoms with Crippen molar-refractivity contribution in [1.82, 2.24) is 5.32 Å². The van der Waals surface area contributed by atoms with E-state index in [-0.39, 0.29) is 0 Å². The Morgan fingerprint density at radius 3 is 2.77 bits per heavy atom. The summed E-state index contributed by atoms with van der Waals surface area (Å²) in [6.45, 7) is 0. The van der Waals surface area contributed by atoms with E-state index in [9.17, 15) is 0 Å². The van der Waals surface area contributed by atoms with Crippen LogP contribution < -0.4 is 5.32 Å². The van der Waals surface area contributed by atoms with Gasteiger partial charge in [0.1, 0.15) is 0 Å². The molecule has 0 aromatic heterocycles. The van der Waals surface area contributed by atoms with Crippen LogP contribution in [-0.4, -0.2) is 23.6 Å². The fourth-order valence-electron chi connectivity index (χ4n) is 3.54. The zero-order valence-electron chi connectivity index (χ0n) is 8.17. The molecule has 2 saturated heterocycles. The number of thioether (sulfide) groups is 1. The summed E-state index contributed by atoms with van der Waals surface area (Å²) in [5.74, 6) is 4.92. The Balaban J connectivity index is 1.76. The first-order valence-corrected chi connectivity index (χ1v) is 6.94. The van der Waals surface area contributed by atoms with E-state index in [0.717, 1.165) is 23.9 Å². The van der Waals surface area contributed by atoms with Crippen molar-refractivity contribution in [2.75, 3.05) is 11.5 Å². The van der Waals surface area contributed by atoms with Crippen molar-refractivity contribution in [2.24, 2.45) is 11.8 Å². The van der Waals surface area contributed by atoms with Gasteiger partial charge in [-0.3, -0.25) is 0 Å². The summed E-state index contributed by atoms with van der Waals surface area (Å²) in [4.78, 5) is 0. The maximum Gasteiger partial charge on any atom is 0.0117 e. The van der Waals surface area contributed by atoms with Crippen molar-refractivity contribution < 1.29 is 0 Å². The molecule has 4 unspecified atom stereocenters. The Morgan fingerprint density at radius 1 is 0.923 bits per heavy atom. The van der Waals surface area contributed by atoms with Crippen molar-refractivity contribution in [3.05, 3.63) is 0 Å². The fourth-order valence-corrected chi connectivity index (χ4v) is 4.88. The van der Waals surface area contributed by atoms with Gasteiger partial charge in [-0.25, -0.2) is 0 Å². The van der Waals surface area contributed by atoms with Gasteiger partial charge in [-0.2, -0.15) is 11.8 Å². The van der Waals surface area contributed by atoms with Crippen LogP contribution in [0.25, 0.3) is 0 Å². The van der Waals surface area contributed by atoms with E-state index in [1.54, 1.807) is 0 Å². The zero-order chi connectivity index (χ0) is 8.67. The van der Waals surface area contributed by atoms with Gasteiger partial charge in [0, 0.05) is 12.1 Å². The lowest BCUT2D eigenvalue weighted by Gasteiger charge is -2.30. The molecule has 1 N–H and O–H groups in total. The van der Waals surface area contributed by atoms with E-state index >= 15 is 0 Å². The van der Waals surface area contributed by atoms with Gasteiger partial charge in [0.2, 0.25) is 0 Å². The average molecular weight is 197 g/mol. The highest BCUT2D eigenvalue weighted by Gasteiger charge is 2.44. The molecule has 2 aliphatic heterocycles. The number of hydrogen-bond donors (Lipinski definition) is 1. The minimum Gasteiger partial charge on any atom is -0.311 e. The summed E-state index contributed by atoms with van der Waals surface area (Å²) >= 11 is 2.19. The first kappa shape index (κ1) is 8.60. The van der Waals surface area contributed by atoms with Crippen molar-refractivity contribution in [3.63, 3.8) is 0 Å². The molecule has 0 spiro atoms. The number of fused-ring (bicyclic) bond motifs is 3. The monoisotopic (exact) mass is 197 g/mol. The molecule has 0 radical (unpaired) electrons. The molecule has 13 heavy (non-hydrogen) atoms. The Kier molecular flexibility index (Phi) is 2.30. The zero-order valence-corrected chi connectivity index (χ0v) is 8.98. The highest BCUT2D eigenvalue weighted by atomic mass is 32.2. The van der Waals surface area contributed by atoms with E-state index in [2.05, 4.69) is 17.1 Å². The number of hydrogen-bond acceptors (Lipinski definition) is 2. The van der Waals surface area contributed by atoms with Crippen LogP contribution in [0.15, 0.2) is 0 Å². The van der Waals surface area contributed by atoms with Crippen molar-refractivity contribution in [3.8, 4) is 0 Å². The van der Waals surface area contributed by atoms with E-state index in [4.69, 9.17) is 0 Å². The molecule has 1 saturated carbocycles. The van der Waals surface area contributed by atoms with Gasteiger partial charge in [0.05, 0.1) is 0 Å². The lowest BCUT2D eigenvalue weighted by molar-refractivity contribution is 0.281. The Labute approximate surface area is 85.0 Å². The van der Waals surface area contributed by atoms with Gasteiger partial charge in [-0.15, -0.1) is 0 Å². The molecule has 3 fully saturated rings. The lowest BCUT2D eigenvalue weighted by Crippen LogP contribution is -2.34. The highest BCUT2D eigenvalue weighted by molar-refractivity contribution is 7.99. The van der Waals surface area contributed by atoms with Gasteiger partial charge >= 0.3 is 0 Å². The molecule has 0 amide bonds. The third-order valence-electron chi connectivity index (χ3n) is 4.20. The lowest BCUT2D eigenvalue weighted by atomic mass is 9.79. The number of nitrogens with one attached hydrogen (secondary N) is 1. The maximum atomic E-state index is 3.88. The number of rotatable bonds is 0. The highest BCUT2D eigenvalue weighted by Crippen LogP contribution is 2.42. The molecule has 0 aromatic carbocycles. The molecule has 3 rings (SSSR count). The summed E-state index contributed by atoms with van der Waals surface area (Å²) in [7, 11) is 0. The molecular weight excluding hydrogens is 178 g/mol. The molecule has 0 aromatic rings. The smallest absolute Gasteiger partial charge is 0.0117 e. The normalized spacial score (nSPS) is 49.8. The van der Waals surface area contributed by atoms with Crippen molar-refractivity contribution in [1.29, 1.82) is 0 Å². The predicted molar refractivity (Wildman–Crippen MR) is 58.1 cm³/mol. The SMILES string of the molecule is C1CCC2C(C1)NC1CCSCC12. The van der Waals surface area contributed by atoms with Crippen LogP contribution in [0.3, 0.4) is 0 Å². The van der Waals surface area contributed by atoms with E-state index in [0.29, 0.717) is 0 Å². The van der Waals surface area contributed by atoms with Crippen LogP contribution in [0.1, 0.15) is 32.1 Å². The second-order valence-electron chi connectivity index (χ2n) is 4.86.